The van der Waals surface area contributed by atoms with Gasteiger partial charge in [-0.1, -0.05) is 42.5 Å². The van der Waals surface area contributed by atoms with Crippen molar-refractivity contribution in [2.45, 2.75) is 6.92 Å². The molecule has 0 radical (unpaired) electrons. The lowest BCUT2D eigenvalue weighted by atomic mass is 10.1. The number of fused-ring (bicyclic) bond motifs is 5. The summed E-state index contributed by atoms with van der Waals surface area (Å²) >= 11 is 0. The molecule has 0 fully saturated rings. The summed E-state index contributed by atoms with van der Waals surface area (Å²) in [5.41, 5.74) is 2.52. The molecule has 0 saturated carbocycles. The Morgan fingerprint density at radius 3 is 2.61 bits per heavy atom. The molecule has 7 heteroatoms. The van der Waals surface area contributed by atoms with Gasteiger partial charge in [0.15, 0.2) is 5.82 Å². The van der Waals surface area contributed by atoms with Crippen LogP contribution in [0.15, 0.2) is 71.5 Å². The number of non-ortho nitro benzene ring substituents is 1. The zero-order valence-corrected chi connectivity index (χ0v) is 14.9. The molecule has 7 nitrogen and oxygen atoms in total. The van der Waals surface area contributed by atoms with Crippen molar-refractivity contribution >= 4 is 27.5 Å². The predicted molar refractivity (Wildman–Crippen MR) is 107 cm³/mol. The molecule has 0 atom stereocenters. The van der Waals surface area contributed by atoms with Crippen molar-refractivity contribution in [1.29, 1.82) is 0 Å². The van der Waals surface area contributed by atoms with E-state index in [-0.39, 0.29) is 11.2 Å². The van der Waals surface area contributed by atoms with E-state index in [1.807, 2.05) is 47.8 Å². The van der Waals surface area contributed by atoms with Crippen LogP contribution in [0.25, 0.3) is 33.2 Å². The van der Waals surface area contributed by atoms with Gasteiger partial charge in [-0.05, 0) is 18.4 Å². The molecule has 136 valence electrons. The van der Waals surface area contributed by atoms with Gasteiger partial charge in [0.25, 0.3) is 11.2 Å². The van der Waals surface area contributed by atoms with Crippen LogP contribution in [-0.4, -0.2) is 18.9 Å². The summed E-state index contributed by atoms with van der Waals surface area (Å²) in [5, 5.41) is 13.2. The topological polar surface area (TPSA) is 81.9 Å². The van der Waals surface area contributed by atoms with Crippen LogP contribution < -0.4 is 5.56 Å². The molecule has 3 aromatic carbocycles. The van der Waals surface area contributed by atoms with Gasteiger partial charge in [0.1, 0.15) is 0 Å². The highest BCUT2D eigenvalue weighted by Crippen LogP contribution is 2.28. The molecule has 0 aliphatic carbocycles. The second-order valence-corrected chi connectivity index (χ2v) is 6.64. The highest BCUT2D eigenvalue weighted by molar-refractivity contribution is 6.04. The lowest BCUT2D eigenvalue weighted by Gasteiger charge is -2.12. The molecule has 0 aliphatic rings. The van der Waals surface area contributed by atoms with Gasteiger partial charge in [-0.3, -0.25) is 14.9 Å². The fourth-order valence-electron chi connectivity index (χ4n) is 3.68. The van der Waals surface area contributed by atoms with Crippen LogP contribution in [0, 0.1) is 17.0 Å². The van der Waals surface area contributed by atoms with Crippen molar-refractivity contribution in [3.63, 3.8) is 0 Å². The first-order valence-electron chi connectivity index (χ1n) is 8.72. The Kier molecular flexibility index (Phi) is 3.33. The van der Waals surface area contributed by atoms with Gasteiger partial charge in [-0.15, -0.1) is 0 Å². The van der Waals surface area contributed by atoms with E-state index in [0.717, 1.165) is 27.5 Å². The van der Waals surface area contributed by atoms with Gasteiger partial charge >= 0.3 is 0 Å². The molecule has 2 heterocycles. The van der Waals surface area contributed by atoms with Crippen molar-refractivity contribution < 1.29 is 4.92 Å². The molecular weight excluding hydrogens is 356 g/mol. The number of nitrogens with zero attached hydrogens (tertiary/aromatic N) is 4. The number of hydrogen-bond donors (Lipinski definition) is 0. The number of rotatable bonds is 2. The van der Waals surface area contributed by atoms with E-state index >= 15 is 0 Å². The first-order chi connectivity index (χ1) is 13.5. The predicted octanol–water partition coefficient (Wildman–Crippen LogP) is 3.98. The summed E-state index contributed by atoms with van der Waals surface area (Å²) < 4.78 is 3.27. The van der Waals surface area contributed by atoms with Gasteiger partial charge in [-0.25, -0.2) is 9.50 Å². The molecule has 0 unspecified atom stereocenters. The quantitative estimate of drug-likeness (QED) is 0.267. The molecule has 0 bridgehead atoms. The maximum absolute atomic E-state index is 12.7. The maximum atomic E-state index is 12.7. The molecule has 0 spiro atoms. The zero-order chi connectivity index (χ0) is 19.4. The lowest BCUT2D eigenvalue weighted by Crippen LogP contribution is -2.16. The Morgan fingerprint density at radius 2 is 1.79 bits per heavy atom. The van der Waals surface area contributed by atoms with Gasteiger partial charge in [0, 0.05) is 34.8 Å². The Morgan fingerprint density at radius 1 is 0.964 bits per heavy atom. The summed E-state index contributed by atoms with van der Waals surface area (Å²) in [4.78, 5) is 28.2. The summed E-state index contributed by atoms with van der Waals surface area (Å²) in [7, 11) is 0. The highest BCUT2D eigenvalue weighted by atomic mass is 16.6. The summed E-state index contributed by atoms with van der Waals surface area (Å²) in [6.45, 7) is 1.85. The third kappa shape index (κ3) is 2.23. The largest absolute Gasteiger partial charge is 0.273 e. The van der Waals surface area contributed by atoms with Gasteiger partial charge < -0.3 is 0 Å². The van der Waals surface area contributed by atoms with E-state index in [1.54, 1.807) is 12.1 Å². The SMILES string of the molecule is Cc1cc(=O)n2c(-c3cccc([N+](=O)[O-])c3)nc3c4ccccc4ccc3n12. The minimum absolute atomic E-state index is 0.0493. The minimum Gasteiger partial charge on any atom is -0.267 e. The third-order valence-corrected chi connectivity index (χ3v) is 4.92. The van der Waals surface area contributed by atoms with Crippen molar-refractivity contribution in [3.05, 3.63) is 92.9 Å². The standard InChI is InChI=1S/C21H14N4O3/c1-13-11-19(26)24-21(15-6-4-7-16(12-15)25(27)28)22-20-17-8-3-2-5-14(17)9-10-18(20)23(13)24/h2-12H,1H3. The average Bonchev–Trinajstić information content (AvgIpc) is 3.01. The zero-order valence-electron chi connectivity index (χ0n) is 14.9. The Hall–Kier alpha value is -4.00. The smallest absolute Gasteiger partial charge is 0.267 e. The van der Waals surface area contributed by atoms with E-state index < -0.39 is 4.92 Å². The van der Waals surface area contributed by atoms with E-state index in [4.69, 9.17) is 4.98 Å². The third-order valence-electron chi connectivity index (χ3n) is 4.92. The fraction of sp³-hybridized carbons (Fsp3) is 0.0476. The van der Waals surface area contributed by atoms with Gasteiger partial charge in [0.05, 0.1) is 16.0 Å². The Labute approximate surface area is 158 Å². The monoisotopic (exact) mass is 370 g/mol. The second kappa shape index (κ2) is 5.75. The summed E-state index contributed by atoms with van der Waals surface area (Å²) in [6, 6.07) is 19.5. The first kappa shape index (κ1) is 16.2. The van der Waals surface area contributed by atoms with Crippen LogP contribution >= 0.6 is 0 Å². The maximum Gasteiger partial charge on any atom is 0.273 e. The normalized spacial score (nSPS) is 11.5. The molecular formula is C21H14N4O3. The molecule has 0 N–H and O–H groups in total. The number of benzene rings is 3. The molecule has 0 saturated heterocycles. The molecule has 2 aromatic heterocycles. The molecule has 28 heavy (non-hydrogen) atoms. The van der Waals surface area contributed by atoms with Crippen LogP contribution in [0.2, 0.25) is 0 Å². The molecule has 0 amide bonds. The van der Waals surface area contributed by atoms with Crippen molar-refractivity contribution in [2.24, 2.45) is 0 Å². The number of hydrogen-bond acceptors (Lipinski definition) is 4. The minimum atomic E-state index is -0.455. The Balaban J connectivity index is 2.00. The van der Waals surface area contributed by atoms with Crippen LogP contribution in [0.4, 0.5) is 5.69 Å². The number of aromatic nitrogens is 3. The summed E-state index contributed by atoms with van der Waals surface area (Å²) in [5.74, 6) is 0.366. The molecule has 0 aliphatic heterocycles. The van der Waals surface area contributed by atoms with Crippen molar-refractivity contribution in [2.75, 3.05) is 0 Å². The van der Waals surface area contributed by atoms with Crippen LogP contribution in [-0.2, 0) is 0 Å². The highest BCUT2D eigenvalue weighted by Gasteiger charge is 2.17. The lowest BCUT2D eigenvalue weighted by molar-refractivity contribution is -0.384. The van der Waals surface area contributed by atoms with E-state index in [0.29, 0.717) is 11.4 Å². The number of nitro benzene ring substituents is 1. The number of nitro groups is 1. The number of aryl methyl sites for hydroxylation is 1. The van der Waals surface area contributed by atoms with Crippen LogP contribution in [0.5, 0.6) is 0 Å². The van der Waals surface area contributed by atoms with Gasteiger partial charge in [-0.2, -0.15) is 4.52 Å². The Bertz CT molecular complexity index is 1480. The first-order valence-corrected chi connectivity index (χ1v) is 8.72. The van der Waals surface area contributed by atoms with E-state index in [9.17, 15) is 14.9 Å². The van der Waals surface area contributed by atoms with Crippen molar-refractivity contribution in [1.82, 2.24) is 14.0 Å². The second-order valence-electron chi connectivity index (χ2n) is 6.64. The van der Waals surface area contributed by atoms with Crippen LogP contribution in [0.1, 0.15) is 5.69 Å². The van der Waals surface area contributed by atoms with E-state index in [2.05, 4.69) is 0 Å². The molecule has 5 aromatic rings. The molecule has 5 rings (SSSR count). The summed E-state index contributed by atoms with van der Waals surface area (Å²) in [6.07, 6.45) is 0. The average molecular weight is 370 g/mol. The van der Waals surface area contributed by atoms with Gasteiger partial charge in [0.2, 0.25) is 0 Å². The fourth-order valence-corrected chi connectivity index (χ4v) is 3.68. The van der Waals surface area contributed by atoms with Crippen molar-refractivity contribution in [3.8, 4) is 11.4 Å². The van der Waals surface area contributed by atoms with Crippen LogP contribution in [0.3, 0.4) is 0 Å². The van der Waals surface area contributed by atoms with E-state index in [1.165, 1.54) is 22.7 Å².